The minimum Gasteiger partial charge on any atom is -0.396 e. The summed E-state index contributed by atoms with van der Waals surface area (Å²) in [5.41, 5.74) is 7.27. The highest BCUT2D eigenvalue weighted by Crippen LogP contribution is 2.19. The van der Waals surface area contributed by atoms with Crippen LogP contribution in [0, 0.1) is 0 Å². The Balaban J connectivity index is 2.57. The van der Waals surface area contributed by atoms with Crippen molar-refractivity contribution < 1.29 is 4.79 Å². The quantitative estimate of drug-likeness (QED) is 0.743. The molecule has 3 N–H and O–H groups in total. The first-order chi connectivity index (χ1) is 7.15. The summed E-state index contributed by atoms with van der Waals surface area (Å²) in [6, 6.07) is 1.83. The normalized spacial score (nSPS) is 9.73. The number of carbonyl (C=O) groups excluding carboxylic acids is 1. The lowest BCUT2D eigenvalue weighted by Crippen LogP contribution is -2.26. The molecular weight excluding hydrogens is 192 g/mol. The van der Waals surface area contributed by atoms with Gasteiger partial charge in [-0.15, -0.1) is 0 Å². The van der Waals surface area contributed by atoms with Crippen molar-refractivity contribution in [3.8, 4) is 0 Å². The van der Waals surface area contributed by atoms with Gasteiger partial charge < -0.3 is 16.0 Å². The average Bonchev–Trinajstić information content (AvgIpc) is 2.26. The Kier molecular flexibility index (Phi) is 3.91. The summed E-state index contributed by atoms with van der Waals surface area (Å²) in [7, 11) is 3.53. The molecule has 0 aromatic carbocycles. The fourth-order valence-electron chi connectivity index (χ4n) is 1.26. The molecule has 0 fully saturated rings. The van der Waals surface area contributed by atoms with E-state index in [0.29, 0.717) is 18.7 Å². The number of hydrogen-bond donors (Lipinski definition) is 2. The Labute approximate surface area is 89.3 Å². The summed E-state index contributed by atoms with van der Waals surface area (Å²) in [6.07, 6.45) is 3.74. The van der Waals surface area contributed by atoms with Gasteiger partial charge in [0.1, 0.15) is 0 Å². The molecule has 1 heterocycles. The lowest BCUT2D eigenvalue weighted by molar-refractivity contribution is -0.120. The monoisotopic (exact) mass is 208 g/mol. The third-order valence-corrected chi connectivity index (χ3v) is 2.19. The molecule has 0 bridgehead atoms. The largest absolute Gasteiger partial charge is 0.396 e. The number of nitrogens with zero attached hydrogens (tertiary/aromatic N) is 2. The van der Waals surface area contributed by atoms with Crippen LogP contribution in [0.15, 0.2) is 18.5 Å². The molecule has 1 aromatic rings. The lowest BCUT2D eigenvalue weighted by atomic mass is 10.3. The Morgan fingerprint density at radius 3 is 3.00 bits per heavy atom. The van der Waals surface area contributed by atoms with Gasteiger partial charge in [0.25, 0.3) is 0 Å². The molecule has 0 unspecified atom stereocenters. The average molecular weight is 208 g/mol. The van der Waals surface area contributed by atoms with Crippen molar-refractivity contribution in [3.63, 3.8) is 0 Å². The van der Waals surface area contributed by atoms with E-state index in [2.05, 4.69) is 10.3 Å². The van der Waals surface area contributed by atoms with E-state index >= 15 is 0 Å². The van der Waals surface area contributed by atoms with Crippen molar-refractivity contribution in [2.75, 3.05) is 31.3 Å². The van der Waals surface area contributed by atoms with Crippen LogP contribution >= 0.6 is 0 Å². The van der Waals surface area contributed by atoms with E-state index in [0.717, 1.165) is 5.69 Å². The summed E-state index contributed by atoms with van der Waals surface area (Å²) in [5.74, 6) is 0.0227. The van der Waals surface area contributed by atoms with Crippen molar-refractivity contribution >= 4 is 17.3 Å². The molecule has 82 valence electrons. The Morgan fingerprint density at radius 2 is 2.40 bits per heavy atom. The number of nitrogen functional groups attached to an aromatic ring is 1. The maximum Gasteiger partial charge on any atom is 0.221 e. The Bertz CT molecular complexity index is 340. The van der Waals surface area contributed by atoms with Gasteiger partial charge in [-0.1, -0.05) is 0 Å². The molecule has 0 atom stereocenters. The van der Waals surface area contributed by atoms with Crippen molar-refractivity contribution in [2.45, 2.75) is 6.42 Å². The third-order valence-electron chi connectivity index (χ3n) is 2.19. The van der Waals surface area contributed by atoms with Crippen LogP contribution in [0.5, 0.6) is 0 Å². The molecule has 0 aliphatic heterocycles. The number of pyridine rings is 1. The molecule has 0 aliphatic rings. The maximum atomic E-state index is 11.1. The van der Waals surface area contributed by atoms with Gasteiger partial charge in [-0.25, -0.2) is 0 Å². The molecule has 5 heteroatoms. The van der Waals surface area contributed by atoms with Gasteiger partial charge in [0.05, 0.1) is 17.6 Å². The molecule has 0 spiro atoms. The minimum atomic E-state index is 0.0227. The number of anilines is 2. The SMILES string of the molecule is CNC(=O)CCN(C)c1ccncc1N. The number of nitrogens with one attached hydrogen (secondary N) is 1. The van der Waals surface area contributed by atoms with Gasteiger partial charge in [-0.2, -0.15) is 0 Å². The lowest BCUT2D eigenvalue weighted by Gasteiger charge is -2.20. The number of rotatable bonds is 4. The van der Waals surface area contributed by atoms with E-state index in [1.54, 1.807) is 19.4 Å². The standard InChI is InChI=1S/C10H16N4O/c1-12-10(15)4-6-14(2)9-3-5-13-7-8(9)11/h3,5,7H,4,6,11H2,1-2H3,(H,12,15). The maximum absolute atomic E-state index is 11.1. The second kappa shape index (κ2) is 5.19. The van der Waals surface area contributed by atoms with E-state index in [4.69, 9.17) is 5.73 Å². The summed E-state index contributed by atoms with van der Waals surface area (Å²) in [6.45, 7) is 0.633. The summed E-state index contributed by atoms with van der Waals surface area (Å²) in [4.78, 5) is 16.9. The van der Waals surface area contributed by atoms with Crippen molar-refractivity contribution in [2.24, 2.45) is 0 Å². The number of nitrogens with two attached hydrogens (primary N) is 1. The molecular formula is C10H16N4O. The van der Waals surface area contributed by atoms with E-state index in [9.17, 15) is 4.79 Å². The smallest absolute Gasteiger partial charge is 0.221 e. The highest BCUT2D eigenvalue weighted by Gasteiger charge is 2.06. The van der Waals surface area contributed by atoms with Crippen LogP contribution in [-0.2, 0) is 4.79 Å². The molecule has 1 aromatic heterocycles. The van der Waals surface area contributed by atoms with Gasteiger partial charge in [0, 0.05) is 33.3 Å². The predicted molar refractivity (Wildman–Crippen MR) is 60.6 cm³/mol. The van der Waals surface area contributed by atoms with E-state index in [-0.39, 0.29) is 5.91 Å². The van der Waals surface area contributed by atoms with Gasteiger partial charge in [-0.05, 0) is 6.07 Å². The molecule has 1 rings (SSSR count). The molecule has 0 aliphatic carbocycles. The van der Waals surface area contributed by atoms with Crippen LogP contribution in [0.4, 0.5) is 11.4 Å². The highest BCUT2D eigenvalue weighted by molar-refractivity contribution is 5.76. The fourth-order valence-corrected chi connectivity index (χ4v) is 1.26. The van der Waals surface area contributed by atoms with Gasteiger partial charge >= 0.3 is 0 Å². The number of hydrogen-bond acceptors (Lipinski definition) is 4. The summed E-state index contributed by atoms with van der Waals surface area (Å²) >= 11 is 0. The fraction of sp³-hybridized carbons (Fsp3) is 0.400. The molecule has 0 saturated heterocycles. The van der Waals surface area contributed by atoms with Crippen molar-refractivity contribution in [3.05, 3.63) is 18.5 Å². The second-order valence-electron chi connectivity index (χ2n) is 3.28. The Morgan fingerprint density at radius 1 is 1.67 bits per heavy atom. The van der Waals surface area contributed by atoms with E-state index < -0.39 is 0 Å². The van der Waals surface area contributed by atoms with E-state index in [1.165, 1.54) is 0 Å². The number of amides is 1. The molecule has 15 heavy (non-hydrogen) atoms. The van der Waals surface area contributed by atoms with Gasteiger partial charge in [-0.3, -0.25) is 9.78 Å². The number of carbonyl (C=O) groups is 1. The predicted octanol–water partition coefficient (Wildman–Crippen LogP) is 0.236. The second-order valence-corrected chi connectivity index (χ2v) is 3.28. The zero-order chi connectivity index (χ0) is 11.3. The highest BCUT2D eigenvalue weighted by atomic mass is 16.1. The van der Waals surface area contributed by atoms with Crippen LogP contribution in [0.2, 0.25) is 0 Å². The van der Waals surface area contributed by atoms with Crippen molar-refractivity contribution in [1.29, 1.82) is 0 Å². The first-order valence-corrected chi connectivity index (χ1v) is 4.76. The zero-order valence-corrected chi connectivity index (χ0v) is 9.03. The number of aromatic nitrogens is 1. The van der Waals surface area contributed by atoms with Crippen molar-refractivity contribution in [1.82, 2.24) is 10.3 Å². The zero-order valence-electron chi connectivity index (χ0n) is 9.03. The summed E-state index contributed by atoms with van der Waals surface area (Å²) in [5, 5.41) is 2.58. The molecule has 1 amide bonds. The minimum absolute atomic E-state index is 0.0227. The van der Waals surface area contributed by atoms with Crippen LogP contribution in [-0.4, -0.2) is 31.5 Å². The van der Waals surface area contributed by atoms with Crippen LogP contribution < -0.4 is 16.0 Å². The van der Waals surface area contributed by atoms with Gasteiger partial charge in [0.15, 0.2) is 0 Å². The molecule has 0 radical (unpaired) electrons. The van der Waals surface area contributed by atoms with Crippen LogP contribution in [0.25, 0.3) is 0 Å². The topological polar surface area (TPSA) is 71.2 Å². The van der Waals surface area contributed by atoms with Crippen LogP contribution in [0.1, 0.15) is 6.42 Å². The van der Waals surface area contributed by atoms with Crippen LogP contribution in [0.3, 0.4) is 0 Å². The van der Waals surface area contributed by atoms with E-state index in [1.807, 2.05) is 18.0 Å². The van der Waals surface area contributed by atoms with Gasteiger partial charge in [0.2, 0.25) is 5.91 Å². The molecule has 5 nitrogen and oxygen atoms in total. The summed E-state index contributed by atoms with van der Waals surface area (Å²) < 4.78 is 0. The molecule has 0 saturated carbocycles. The Hall–Kier alpha value is -1.78. The first-order valence-electron chi connectivity index (χ1n) is 4.76. The third kappa shape index (κ3) is 3.12. The first kappa shape index (κ1) is 11.3.